The summed E-state index contributed by atoms with van der Waals surface area (Å²) in [5.41, 5.74) is 0. The second-order valence-electron chi connectivity index (χ2n) is 3.61. The van der Waals surface area contributed by atoms with E-state index in [0.717, 1.165) is 25.3 Å². The van der Waals surface area contributed by atoms with Crippen LogP contribution in [0.15, 0.2) is 6.33 Å². The van der Waals surface area contributed by atoms with E-state index < -0.39 is 0 Å². The summed E-state index contributed by atoms with van der Waals surface area (Å²) < 4.78 is 5.41. The fraction of sp³-hybridized carbons (Fsp3) is 0.538. The van der Waals surface area contributed by atoms with E-state index in [-0.39, 0.29) is 6.61 Å². The maximum Gasteiger partial charge on any atom is 0.238 e. The molecule has 0 fully saturated rings. The van der Waals surface area contributed by atoms with Crippen molar-refractivity contribution in [2.24, 2.45) is 0 Å². The van der Waals surface area contributed by atoms with Crippen molar-refractivity contribution in [2.45, 2.75) is 27.2 Å². The minimum Gasteiger partial charge on any atom is -0.463 e. The molecule has 0 aliphatic rings. The third-order valence-electron chi connectivity index (χ3n) is 2.37. The Morgan fingerprint density at radius 3 is 2.78 bits per heavy atom. The molecule has 0 bridgehead atoms. The first-order chi connectivity index (χ1) is 8.74. The van der Waals surface area contributed by atoms with Gasteiger partial charge in [0, 0.05) is 13.1 Å². The number of ether oxygens (including phenoxy) is 1. The first kappa shape index (κ1) is 14.6. The lowest BCUT2D eigenvalue weighted by molar-refractivity contribution is 0.355. The van der Waals surface area contributed by atoms with Gasteiger partial charge in [0.25, 0.3) is 0 Å². The highest BCUT2D eigenvalue weighted by atomic mass is 35.5. The molecule has 0 saturated carbocycles. The summed E-state index contributed by atoms with van der Waals surface area (Å²) >= 11 is 6.26. The Balaban J connectivity index is 2.91. The summed E-state index contributed by atoms with van der Waals surface area (Å²) in [5.74, 6) is 6.67. The summed E-state index contributed by atoms with van der Waals surface area (Å²) in [5, 5.41) is 0.450. The van der Waals surface area contributed by atoms with Crippen molar-refractivity contribution >= 4 is 17.4 Å². The fourth-order valence-corrected chi connectivity index (χ4v) is 1.80. The topological polar surface area (TPSA) is 38.3 Å². The van der Waals surface area contributed by atoms with Gasteiger partial charge in [-0.05, 0) is 20.3 Å². The van der Waals surface area contributed by atoms with Crippen LogP contribution in [0.1, 0.15) is 27.2 Å². The van der Waals surface area contributed by atoms with Gasteiger partial charge >= 0.3 is 0 Å². The second-order valence-corrected chi connectivity index (χ2v) is 3.99. The van der Waals surface area contributed by atoms with Crippen LogP contribution in [0.5, 0.6) is 5.88 Å². The molecule has 98 valence electrons. The van der Waals surface area contributed by atoms with Gasteiger partial charge in [0.05, 0.1) is 0 Å². The molecule has 0 amide bonds. The summed E-state index contributed by atoms with van der Waals surface area (Å²) in [4.78, 5) is 10.4. The lowest BCUT2D eigenvalue weighted by atomic mass is 10.4. The van der Waals surface area contributed by atoms with E-state index in [1.807, 2.05) is 0 Å². The smallest absolute Gasteiger partial charge is 0.238 e. The molecule has 0 unspecified atom stereocenters. The zero-order valence-corrected chi connectivity index (χ0v) is 11.8. The Labute approximate surface area is 113 Å². The Morgan fingerprint density at radius 2 is 2.17 bits per heavy atom. The van der Waals surface area contributed by atoms with Crippen LogP contribution in [0, 0.1) is 11.8 Å². The highest BCUT2D eigenvalue weighted by molar-refractivity contribution is 6.34. The monoisotopic (exact) mass is 267 g/mol. The molecule has 0 aliphatic carbocycles. The van der Waals surface area contributed by atoms with Crippen LogP contribution in [0.3, 0.4) is 0 Å². The van der Waals surface area contributed by atoms with Gasteiger partial charge in [-0.15, -0.1) is 5.92 Å². The normalized spacial score (nSPS) is 9.56. The minimum atomic E-state index is 0.284. The standard InChI is InChI=1S/C13H18ClN3O/c1-4-7-9-18-13-11(14)12(15-10-16-13)17(6-3)8-5-2/h10H,5-6,8-9H2,1-3H3. The van der Waals surface area contributed by atoms with Gasteiger partial charge in [0.2, 0.25) is 5.88 Å². The van der Waals surface area contributed by atoms with E-state index in [4.69, 9.17) is 16.3 Å². The summed E-state index contributed by atoms with van der Waals surface area (Å²) in [6.07, 6.45) is 2.50. The number of hydrogen-bond acceptors (Lipinski definition) is 4. The predicted molar refractivity (Wildman–Crippen MR) is 74.2 cm³/mol. The maximum atomic E-state index is 6.26. The van der Waals surface area contributed by atoms with E-state index in [9.17, 15) is 0 Å². The van der Waals surface area contributed by atoms with Gasteiger partial charge in [-0.25, -0.2) is 9.97 Å². The zero-order valence-electron chi connectivity index (χ0n) is 11.0. The van der Waals surface area contributed by atoms with E-state index in [1.54, 1.807) is 6.92 Å². The fourth-order valence-electron chi connectivity index (χ4n) is 1.53. The van der Waals surface area contributed by atoms with Crippen molar-refractivity contribution in [3.63, 3.8) is 0 Å². The quantitative estimate of drug-likeness (QED) is 0.743. The van der Waals surface area contributed by atoms with E-state index in [2.05, 4.69) is 40.6 Å². The van der Waals surface area contributed by atoms with Crippen molar-refractivity contribution in [2.75, 3.05) is 24.6 Å². The highest BCUT2D eigenvalue weighted by Gasteiger charge is 2.14. The SMILES string of the molecule is CC#CCOc1ncnc(N(CC)CCC)c1Cl. The largest absolute Gasteiger partial charge is 0.463 e. The molecule has 0 saturated heterocycles. The minimum absolute atomic E-state index is 0.284. The third kappa shape index (κ3) is 3.78. The number of nitrogens with zero attached hydrogens (tertiary/aromatic N) is 3. The first-order valence-corrected chi connectivity index (χ1v) is 6.40. The lowest BCUT2D eigenvalue weighted by Crippen LogP contribution is -2.25. The average Bonchev–Trinajstić information content (AvgIpc) is 2.39. The number of hydrogen-bond donors (Lipinski definition) is 0. The van der Waals surface area contributed by atoms with Crippen LogP contribution < -0.4 is 9.64 Å². The van der Waals surface area contributed by atoms with Crippen LogP contribution in [0.25, 0.3) is 0 Å². The Bertz CT molecular complexity index is 440. The molecular weight excluding hydrogens is 250 g/mol. The average molecular weight is 268 g/mol. The number of halogens is 1. The van der Waals surface area contributed by atoms with Gasteiger partial charge in [0.15, 0.2) is 12.4 Å². The highest BCUT2D eigenvalue weighted by Crippen LogP contribution is 2.30. The molecule has 18 heavy (non-hydrogen) atoms. The molecular formula is C13H18ClN3O. The van der Waals surface area contributed by atoms with Crippen LogP contribution in [0.2, 0.25) is 5.02 Å². The van der Waals surface area contributed by atoms with Gasteiger partial charge < -0.3 is 9.64 Å². The Morgan fingerprint density at radius 1 is 1.39 bits per heavy atom. The van der Waals surface area contributed by atoms with E-state index >= 15 is 0 Å². The van der Waals surface area contributed by atoms with Crippen LogP contribution in [-0.2, 0) is 0 Å². The van der Waals surface area contributed by atoms with Gasteiger partial charge in [-0.2, -0.15) is 0 Å². The summed E-state index contributed by atoms with van der Waals surface area (Å²) in [6, 6.07) is 0. The Hall–Kier alpha value is -1.47. The molecule has 1 aromatic heterocycles. The molecule has 5 heteroatoms. The molecule has 0 N–H and O–H groups in total. The van der Waals surface area contributed by atoms with Crippen LogP contribution >= 0.6 is 11.6 Å². The number of rotatable bonds is 6. The number of aromatic nitrogens is 2. The van der Waals surface area contributed by atoms with Gasteiger partial charge in [-0.1, -0.05) is 24.4 Å². The number of anilines is 1. The van der Waals surface area contributed by atoms with Crippen molar-refractivity contribution in [1.29, 1.82) is 0 Å². The lowest BCUT2D eigenvalue weighted by Gasteiger charge is -2.22. The zero-order chi connectivity index (χ0) is 13.4. The van der Waals surface area contributed by atoms with Crippen molar-refractivity contribution in [1.82, 2.24) is 9.97 Å². The molecule has 0 atom stereocenters. The second kappa shape index (κ2) is 7.78. The van der Waals surface area contributed by atoms with Crippen molar-refractivity contribution in [3.05, 3.63) is 11.3 Å². The molecule has 0 aliphatic heterocycles. The van der Waals surface area contributed by atoms with E-state index in [0.29, 0.717) is 10.9 Å². The molecule has 4 nitrogen and oxygen atoms in total. The van der Waals surface area contributed by atoms with Gasteiger partial charge in [0.1, 0.15) is 11.3 Å². The predicted octanol–water partition coefficient (Wildman–Crippen LogP) is 2.77. The Kier molecular flexibility index (Phi) is 6.31. The summed E-state index contributed by atoms with van der Waals surface area (Å²) in [7, 11) is 0. The maximum absolute atomic E-state index is 6.26. The first-order valence-electron chi connectivity index (χ1n) is 6.02. The molecule has 1 aromatic rings. The molecule has 0 radical (unpaired) electrons. The molecule has 1 rings (SSSR count). The summed E-state index contributed by atoms with van der Waals surface area (Å²) in [6.45, 7) is 7.98. The molecule has 0 spiro atoms. The van der Waals surface area contributed by atoms with Crippen molar-refractivity contribution < 1.29 is 4.74 Å². The third-order valence-corrected chi connectivity index (χ3v) is 2.70. The van der Waals surface area contributed by atoms with Gasteiger partial charge in [-0.3, -0.25) is 0 Å². The van der Waals surface area contributed by atoms with Crippen LogP contribution in [0.4, 0.5) is 5.82 Å². The van der Waals surface area contributed by atoms with E-state index in [1.165, 1.54) is 6.33 Å². The van der Waals surface area contributed by atoms with Crippen LogP contribution in [-0.4, -0.2) is 29.7 Å². The molecule has 0 aromatic carbocycles. The van der Waals surface area contributed by atoms with Crippen molar-refractivity contribution in [3.8, 4) is 17.7 Å². The molecule has 1 heterocycles.